The Hall–Kier alpha value is -3.01. The fourth-order valence-electron chi connectivity index (χ4n) is 3.66. The van der Waals surface area contributed by atoms with E-state index in [1.165, 1.54) is 7.11 Å². The van der Waals surface area contributed by atoms with Gasteiger partial charge in [-0.15, -0.1) is 0 Å². The zero-order valence-corrected chi connectivity index (χ0v) is 22.4. The molecule has 1 N–H and O–H groups in total. The van der Waals surface area contributed by atoms with Gasteiger partial charge in [0, 0.05) is 11.6 Å². The number of alkyl halides is 9. The molecule has 2 unspecified atom stereocenters. The van der Waals surface area contributed by atoms with E-state index in [4.69, 9.17) is 16.3 Å². The van der Waals surface area contributed by atoms with Crippen molar-refractivity contribution in [3.05, 3.63) is 69.8 Å². The first-order chi connectivity index (χ1) is 18.5. The number of sulfone groups is 1. The lowest BCUT2D eigenvalue weighted by molar-refractivity contribution is -0.140. The molecule has 41 heavy (non-hydrogen) atoms. The maximum Gasteiger partial charge on any atom is 0.417 e. The molecule has 0 heterocycles. The number of rotatable bonds is 9. The summed E-state index contributed by atoms with van der Waals surface area (Å²) in [5.41, 5.74) is -4.51. The van der Waals surface area contributed by atoms with Crippen LogP contribution in [-0.2, 0) is 16.0 Å². The predicted molar refractivity (Wildman–Crippen MR) is 129 cm³/mol. The van der Waals surface area contributed by atoms with Crippen molar-refractivity contribution in [2.24, 2.45) is 0 Å². The van der Waals surface area contributed by atoms with Gasteiger partial charge in [-0.1, -0.05) is 23.7 Å². The molecule has 0 spiro atoms. The maximum absolute atomic E-state index is 15.0. The molecule has 0 saturated heterocycles. The summed E-state index contributed by atoms with van der Waals surface area (Å²) in [5, 5.41) is 1.58. The molecule has 2 rings (SSSR count). The van der Waals surface area contributed by atoms with Crippen molar-refractivity contribution >= 4 is 33.2 Å². The molecule has 2 aromatic rings. The molecule has 1 amide bonds. The first-order valence-electron chi connectivity index (χ1n) is 11.1. The van der Waals surface area contributed by atoms with Crippen molar-refractivity contribution in [3.63, 3.8) is 0 Å². The minimum atomic E-state index is -5.35. The molecule has 0 radical (unpaired) electrons. The van der Waals surface area contributed by atoms with Crippen molar-refractivity contribution in [3.8, 4) is 5.75 Å². The molecule has 5 nitrogen and oxygen atoms in total. The van der Waals surface area contributed by atoms with Crippen molar-refractivity contribution < 1.29 is 61.9 Å². The molecule has 0 aliphatic heterocycles. The Labute approximate surface area is 232 Å². The van der Waals surface area contributed by atoms with Gasteiger partial charge in [0.25, 0.3) is 5.91 Å². The molecule has 0 saturated carbocycles. The third kappa shape index (κ3) is 9.80. The van der Waals surface area contributed by atoms with Gasteiger partial charge >= 0.3 is 18.5 Å². The summed E-state index contributed by atoms with van der Waals surface area (Å²) in [6.45, 7) is 0.929. The number of carbonyl (C=O) groups excluding carboxylic acids is 1. The summed E-state index contributed by atoms with van der Waals surface area (Å²) in [5.74, 6) is -9.43. The topological polar surface area (TPSA) is 72.5 Å². The summed E-state index contributed by atoms with van der Waals surface area (Å²) in [6.07, 6.45) is -15.5. The van der Waals surface area contributed by atoms with Crippen LogP contribution < -0.4 is 10.1 Å². The largest absolute Gasteiger partial charge is 0.495 e. The van der Waals surface area contributed by atoms with E-state index in [-0.39, 0.29) is 22.9 Å². The van der Waals surface area contributed by atoms with Crippen LogP contribution >= 0.6 is 11.6 Å². The number of nitrogens with one attached hydrogen (secondary N) is 1. The summed E-state index contributed by atoms with van der Waals surface area (Å²) in [4.78, 5) is 12.4. The number of carbonyl (C=O) groups is 1. The second kappa shape index (κ2) is 12.5. The van der Waals surface area contributed by atoms with Gasteiger partial charge in [-0.3, -0.25) is 4.79 Å². The van der Waals surface area contributed by atoms with E-state index in [1.54, 1.807) is 0 Å². The lowest BCUT2D eigenvalue weighted by Gasteiger charge is -2.19. The zero-order chi connectivity index (χ0) is 31.6. The monoisotopic (exact) mass is 643 g/mol. The number of amides is 1. The smallest absolute Gasteiger partial charge is 0.417 e. The van der Waals surface area contributed by atoms with Gasteiger partial charge < -0.3 is 10.1 Å². The molecule has 0 fully saturated rings. The van der Waals surface area contributed by atoms with Crippen LogP contribution in [-0.4, -0.2) is 51.3 Å². The normalized spacial score (nSPS) is 14.9. The number of hydrogen-bond acceptors (Lipinski definition) is 4. The fourth-order valence-corrected chi connectivity index (χ4v) is 5.38. The Balaban J connectivity index is 2.44. The quantitative estimate of drug-likeness (QED) is 0.296. The third-order valence-electron chi connectivity index (χ3n) is 5.31. The predicted octanol–water partition coefficient (Wildman–Crippen LogP) is 7.12. The molecular weight excluding hydrogens is 624 g/mol. The van der Waals surface area contributed by atoms with E-state index in [2.05, 4.69) is 0 Å². The number of halogens is 11. The summed E-state index contributed by atoms with van der Waals surface area (Å²) in [7, 11) is -3.61. The van der Waals surface area contributed by atoms with Gasteiger partial charge in [0.05, 0.1) is 29.0 Å². The molecule has 0 bridgehead atoms. The molecule has 2 atom stereocenters. The van der Waals surface area contributed by atoms with Crippen molar-refractivity contribution in [1.82, 2.24) is 5.32 Å². The first-order valence-corrected chi connectivity index (χ1v) is 13.3. The summed E-state index contributed by atoms with van der Waals surface area (Å²) in [6, 6.07) is 2.35. The van der Waals surface area contributed by atoms with Gasteiger partial charge in [0.1, 0.15) is 23.2 Å². The van der Waals surface area contributed by atoms with Crippen LogP contribution in [0.15, 0.2) is 42.5 Å². The van der Waals surface area contributed by atoms with Crippen LogP contribution in [0.4, 0.5) is 43.9 Å². The molecule has 17 heteroatoms. The van der Waals surface area contributed by atoms with Crippen molar-refractivity contribution in [2.45, 2.75) is 37.4 Å². The fraction of sp³-hybridized carbons (Fsp3) is 0.375. The average Bonchev–Trinajstić information content (AvgIpc) is 2.78. The van der Waals surface area contributed by atoms with E-state index in [0.717, 1.165) is 25.1 Å². The van der Waals surface area contributed by atoms with Crippen LogP contribution in [0, 0.1) is 0 Å². The van der Waals surface area contributed by atoms with Crippen LogP contribution in [0.5, 0.6) is 5.75 Å². The Kier molecular flexibility index (Phi) is 10.4. The highest BCUT2D eigenvalue weighted by Gasteiger charge is 2.41. The highest BCUT2D eigenvalue weighted by Crippen LogP contribution is 2.41. The Morgan fingerprint density at radius 1 is 1.02 bits per heavy atom. The molecule has 0 aromatic heterocycles. The van der Waals surface area contributed by atoms with Gasteiger partial charge in [-0.2, -0.15) is 39.5 Å². The van der Waals surface area contributed by atoms with E-state index < -0.39 is 85.8 Å². The van der Waals surface area contributed by atoms with Crippen molar-refractivity contribution in [1.29, 1.82) is 0 Å². The second-order valence-corrected chi connectivity index (χ2v) is 11.2. The van der Waals surface area contributed by atoms with E-state index in [1.807, 2.05) is 5.32 Å². The molecule has 0 aliphatic rings. The number of methoxy groups -OCH3 is 1. The lowest BCUT2D eigenvalue weighted by atomic mass is 9.95. The van der Waals surface area contributed by atoms with Gasteiger partial charge in [0.15, 0.2) is 9.84 Å². The molecule has 2 aromatic carbocycles. The number of ether oxygens (including phenoxy) is 1. The average molecular weight is 644 g/mol. The Morgan fingerprint density at radius 3 is 2.12 bits per heavy atom. The molecular formula is C24H20ClF10NO4S. The maximum atomic E-state index is 15.0. The van der Waals surface area contributed by atoms with E-state index >= 15 is 0 Å². The summed E-state index contributed by atoms with van der Waals surface area (Å²) < 4.78 is 163. The van der Waals surface area contributed by atoms with Crippen LogP contribution in [0.1, 0.15) is 39.9 Å². The Morgan fingerprint density at radius 2 is 1.63 bits per heavy atom. The van der Waals surface area contributed by atoms with Gasteiger partial charge in [-0.05, 0) is 42.8 Å². The van der Waals surface area contributed by atoms with E-state index in [0.29, 0.717) is 12.1 Å². The number of hydrogen-bond donors (Lipinski definition) is 1. The molecule has 228 valence electrons. The third-order valence-corrected chi connectivity index (χ3v) is 7.38. The highest BCUT2D eigenvalue weighted by molar-refractivity contribution is 7.91. The highest BCUT2D eigenvalue weighted by atomic mass is 35.5. The first kappa shape index (κ1) is 34.2. The van der Waals surface area contributed by atoms with Crippen LogP contribution in [0.2, 0.25) is 5.02 Å². The standard InChI is InChI=1S/C24H20ClF10NO4S/c1-12(10-41(38,39)11-22(27,28)29)36-21(37)15-5-3-14(7-17(15)24(33,34)35)19(26)9-16(23(30,31)32)13-4-6-20(40-2)18(25)8-13/h3-9,12,16H,10-11H2,1-2H3,(H,36,37)/b19-9-. The molecule has 0 aliphatic carbocycles. The van der Waals surface area contributed by atoms with Crippen LogP contribution in [0.3, 0.4) is 0 Å². The van der Waals surface area contributed by atoms with Gasteiger partial charge in [-0.25, -0.2) is 12.8 Å². The van der Waals surface area contributed by atoms with Gasteiger partial charge in [0.2, 0.25) is 0 Å². The van der Waals surface area contributed by atoms with Crippen LogP contribution in [0.25, 0.3) is 5.83 Å². The number of benzene rings is 2. The summed E-state index contributed by atoms with van der Waals surface area (Å²) >= 11 is 5.84. The Bertz CT molecular complexity index is 1400. The second-order valence-electron chi connectivity index (χ2n) is 8.73. The zero-order valence-electron chi connectivity index (χ0n) is 20.8. The SMILES string of the molecule is COc1ccc(C(/C=C(\F)c2ccc(C(=O)NC(C)CS(=O)(=O)CC(F)(F)F)c(C(F)(F)F)c2)C(F)(F)F)cc1Cl. The van der Waals surface area contributed by atoms with E-state index in [9.17, 15) is 57.1 Å². The lowest BCUT2D eigenvalue weighted by Crippen LogP contribution is -2.40. The number of allylic oxidation sites excluding steroid dienone is 1. The van der Waals surface area contributed by atoms with Crippen molar-refractivity contribution in [2.75, 3.05) is 18.6 Å². The minimum Gasteiger partial charge on any atom is -0.495 e. The minimum absolute atomic E-state index is 0.0109.